The van der Waals surface area contributed by atoms with Crippen molar-refractivity contribution >= 4 is 76.8 Å². The van der Waals surface area contributed by atoms with Crippen LogP contribution in [0.1, 0.15) is 5.56 Å². The molecule has 0 unspecified atom stereocenters. The molecular weight excluding hydrogens is 454 g/mol. The summed E-state index contributed by atoms with van der Waals surface area (Å²) in [5.41, 5.74) is 0.586. The van der Waals surface area contributed by atoms with E-state index in [0.29, 0.717) is 19.0 Å². The summed E-state index contributed by atoms with van der Waals surface area (Å²) >= 11 is 10.6. The van der Waals surface area contributed by atoms with Gasteiger partial charge in [0.1, 0.15) is 5.75 Å². The number of halogens is 3. The second kappa shape index (κ2) is 5.36. The maximum Gasteiger partial charge on any atom is 0.290 e. The second-order valence-corrected chi connectivity index (χ2v) is 6.79. The maximum atomic E-state index is 11.4. The molecule has 1 fully saturated rings. The number of hydrogen-bond donors (Lipinski definition) is 2. The SMILES string of the molecule is O=C1NC(=O)/C(=C/c2c(Br)cc(Br)c(O)c2Br)S1. The third-order valence-electron chi connectivity index (χ3n) is 2.10. The minimum Gasteiger partial charge on any atom is -0.506 e. The molecule has 94 valence electrons. The number of benzene rings is 1. The molecule has 18 heavy (non-hydrogen) atoms. The van der Waals surface area contributed by atoms with Gasteiger partial charge in [0.15, 0.2) is 0 Å². The molecule has 1 saturated heterocycles. The first-order valence-corrected chi connectivity index (χ1v) is 7.71. The van der Waals surface area contributed by atoms with Gasteiger partial charge in [-0.2, -0.15) is 0 Å². The van der Waals surface area contributed by atoms with Crippen LogP contribution in [0.15, 0.2) is 24.4 Å². The van der Waals surface area contributed by atoms with E-state index in [4.69, 9.17) is 0 Å². The first kappa shape index (κ1) is 14.1. The lowest BCUT2D eigenvalue weighted by molar-refractivity contribution is -0.115. The monoisotopic (exact) mass is 455 g/mol. The summed E-state index contributed by atoms with van der Waals surface area (Å²) in [6.45, 7) is 0. The zero-order valence-electron chi connectivity index (χ0n) is 8.46. The minimum atomic E-state index is -0.439. The lowest BCUT2D eigenvalue weighted by Gasteiger charge is -2.07. The van der Waals surface area contributed by atoms with Gasteiger partial charge in [0, 0.05) is 10.0 Å². The highest BCUT2D eigenvalue weighted by molar-refractivity contribution is 9.11. The molecule has 0 aliphatic carbocycles. The predicted molar refractivity (Wildman–Crippen MR) is 80.3 cm³/mol. The second-order valence-electron chi connectivity index (χ2n) is 3.27. The van der Waals surface area contributed by atoms with E-state index in [2.05, 4.69) is 53.1 Å². The summed E-state index contributed by atoms with van der Waals surface area (Å²) in [5, 5.41) is 11.5. The van der Waals surface area contributed by atoms with E-state index in [-0.39, 0.29) is 10.7 Å². The molecular formula is C10H4Br3NO3S. The number of rotatable bonds is 1. The minimum absolute atomic E-state index is 0.0276. The normalized spacial score (nSPS) is 17.4. The Morgan fingerprint density at radius 2 is 1.89 bits per heavy atom. The number of nitrogens with one attached hydrogen (secondary N) is 1. The Hall–Kier alpha value is -0.310. The summed E-state index contributed by atoms with van der Waals surface area (Å²) < 4.78 is 1.63. The van der Waals surface area contributed by atoms with Gasteiger partial charge in [-0.1, -0.05) is 15.9 Å². The molecule has 1 aromatic carbocycles. The largest absolute Gasteiger partial charge is 0.506 e. The zero-order valence-corrected chi connectivity index (χ0v) is 14.0. The van der Waals surface area contributed by atoms with E-state index in [9.17, 15) is 14.7 Å². The Morgan fingerprint density at radius 1 is 1.22 bits per heavy atom. The quantitative estimate of drug-likeness (QED) is 0.625. The molecule has 2 N–H and O–H groups in total. The van der Waals surface area contributed by atoms with E-state index in [0.717, 1.165) is 11.8 Å². The van der Waals surface area contributed by atoms with Crippen molar-refractivity contribution in [3.63, 3.8) is 0 Å². The van der Waals surface area contributed by atoms with Crippen molar-refractivity contribution in [1.29, 1.82) is 0 Å². The topological polar surface area (TPSA) is 66.4 Å². The molecule has 1 aliphatic rings. The highest BCUT2D eigenvalue weighted by Crippen LogP contribution is 2.41. The molecule has 0 saturated carbocycles. The van der Waals surface area contributed by atoms with Gasteiger partial charge in [-0.25, -0.2) is 0 Å². The molecule has 8 heteroatoms. The first-order valence-electron chi connectivity index (χ1n) is 4.51. The molecule has 0 atom stereocenters. The van der Waals surface area contributed by atoms with E-state index in [1.54, 1.807) is 6.07 Å². The number of imide groups is 1. The summed E-state index contributed by atoms with van der Waals surface area (Å²) in [5.74, 6) is -0.411. The molecule has 0 spiro atoms. The number of phenolic OH excluding ortho intramolecular Hbond substituents is 1. The zero-order chi connectivity index (χ0) is 13.4. The summed E-state index contributed by atoms with van der Waals surface area (Å²) in [6.07, 6.45) is 1.53. The molecule has 0 bridgehead atoms. The van der Waals surface area contributed by atoms with E-state index < -0.39 is 11.1 Å². The molecule has 2 rings (SSSR count). The first-order chi connectivity index (χ1) is 8.40. The van der Waals surface area contributed by atoms with Crippen LogP contribution in [0.2, 0.25) is 0 Å². The van der Waals surface area contributed by atoms with Crippen molar-refractivity contribution < 1.29 is 14.7 Å². The fourth-order valence-electron chi connectivity index (χ4n) is 1.28. The maximum absolute atomic E-state index is 11.4. The fourth-order valence-corrected chi connectivity index (χ4v) is 4.29. The number of phenols is 1. The molecule has 1 heterocycles. The number of amides is 2. The Labute approximate surface area is 132 Å². The molecule has 0 radical (unpaired) electrons. The van der Waals surface area contributed by atoms with Gasteiger partial charge in [-0.3, -0.25) is 14.9 Å². The van der Waals surface area contributed by atoms with Gasteiger partial charge in [-0.15, -0.1) is 0 Å². The van der Waals surface area contributed by atoms with Gasteiger partial charge < -0.3 is 5.11 Å². The van der Waals surface area contributed by atoms with E-state index in [1.807, 2.05) is 0 Å². The average Bonchev–Trinajstić information content (AvgIpc) is 2.60. The number of hydrogen-bond acceptors (Lipinski definition) is 4. The highest BCUT2D eigenvalue weighted by Gasteiger charge is 2.26. The van der Waals surface area contributed by atoms with Crippen LogP contribution in [0.25, 0.3) is 6.08 Å². The van der Waals surface area contributed by atoms with Crippen LogP contribution in [0.3, 0.4) is 0 Å². The third-order valence-corrected chi connectivity index (χ3v) is 4.97. The van der Waals surface area contributed by atoms with Gasteiger partial charge in [-0.05, 0) is 55.8 Å². The van der Waals surface area contributed by atoms with Gasteiger partial charge in [0.2, 0.25) is 0 Å². The third kappa shape index (κ3) is 2.66. The number of aromatic hydroxyl groups is 1. The van der Waals surface area contributed by atoms with Crippen molar-refractivity contribution in [1.82, 2.24) is 5.32 Å². The molecule has 1 aromatic rings. The molecule has 4 nitrogen and oxygen atoms in total. The summed E-state index contributed by atoms with van der Waals surface area (Å²) in [4.78, 5) is 22.8. The van der Waals surface area contributed by atoms with Crippen LogP contribution in [0.4, 0.5) is 4.79 Å². The Bertz CT molecular complexity index is 601. The summed E-state index contributed by atoms with van der Waals surface area (Å²) in [6, 6.07) is 1.66. The number of thioether (sulfide) groups is 1. The van der Waals surface area contributed by atoms with Crippen molar-refractivity contribution in [3.8, 4) is 5.75 Å². The number of carbonyl (C=O) groups is 2. The van der Waals surface area contributed by atoms with Crippen LogP contribution in [-0.2, 0) is 4.79 Å². The van der Waals surface area contributed by atoms with E-state index >= 15 is 0 Å². The van der Waals surface area contributed by atoms with Crippen molar-refractivity contribution in [2.24, 2.45) is 0 Å². The Kier molecular flexibility index (Phi) is 4.20. The predicted octanol–water partition coefficient (Wildman–Crippen LogP) is 4.00. The molecule has 2 amide bonds. The van der Waals surface area contributed by atoms with Gasteiger partial charge >= 0.3 is 0 Å². The van der Waals surface area contributed by atoms with Crippen molar-refractivity contribution in [3.05, 3.63) is 30.0 Å². The standard InChI is InChI=1S/C10H4Br3NO3S/c11-4-2-5(12)8(15)7(13)3(4)1-6-9(16)14-10(17)18-6/h1-2,15H,(H,14,16,17)/b6-1-. The molecule has 1 aliphatic heterocycles. The van der Waals surface area contributed by atoms with E-state index in [1.165, 1.54) is 6.08 Å². The van der Waals surface area contributed by atoms with Crippen LogP contribution in [-0.4, -0.2) is 16.3 Å². The summed E-state index contributed by atoms with van der Waals surface area (Å²) in [7, 11) is 0. The Morgan fingerprint density at radius 3 is 2.44 bits per heavy atom. The molecule has 0 aromatic heterocycles. The number of carbonyl (C=O) groups excluding carboxylic acids is 2. The van der Waals surface area contributed by atoms with Crippen molar-refractivity contribution in [2.45, 2.75) is 0 Å². The van der Waals surface area contributed by atoms with Crippen LogP contribution >= 0.6 is 59.6 Å². The van der Waals surface area contributed by atoms with Crippen LogP contribution in [0, 0.1) is 0 Å². The lowest BCUT2D eigenvalue weighted by Crippen LogP contribution is -2.17. The average molecular weight is 458 g/mol. The lowest BCUT2D eigenvalue weighted by atomic mass is 10.2. The Balaban J connectivity index is 2.53. The van der Waals surface area contributed by atoms with Gasteiger partial charge in [0.05, 0.1) is 13.9 Å². The highest BCUT2D eigenvalue weighted by atomic mass is 79.9. The van der Waals surface area contributed by atoms with Gasteiger partial charge in [0.25, 0.3) is 11.1 Å². The van der Waals surface area contributed by atoms with Crippen LogP contribution < -0.4 is 5.32 Å². The fraction of sp³-hybridized carbons (Fsp3) is 0. The van der Waals surface area contributed by atoms with Crippen LogP contribution in [0.5, 0.6) is 5.75 Å². The van der Waals surface area contributed by atoms with Crippen molar-refractivity contribution in [2.75, 3.05) is 0 Å². The smallest absolute Gasteiger partial charge is 0.290 e.